The first-order valence-corrected chi connectivity index (χ1v) is 3.16. The van der Waals surface area contributed by atoms with Crippen LogP contribution in [0.1, 0.15) is 13.3 Å². The van der Waals surface area contributed by atoms with Crippen LogP contribution in [0, 0.1) is 16.7 Å². The van der Waals surface area contributed by atoms with Gasteiger partial charge in [0.05, 0.1) is 11.5 Å². The smallest absolute Gasteiger partial charge is 0.0699 e. The van der Waals surface area contributed by atoms with E-state index in [1.807, 2.05) is 6.92 Å². The fraction of sp³-hybridized carbons (Fsp3) is 0.800. The molecule has 1 saturated carbocycles. The van der Waals surface area contributed by atoms with E-state index in [0.717, 1.165) is 6.42 Å². The van der Waals surface area contributed by atoms with E-state index < -0.39 is 0 Å². The lowest BCUT2D eigenvalue weighted by molar-refractivity contribution is 0.774. The van der Waals surface area contributed by atoms with Gasteiger partial charge in [-0.25, -0.2) is 0 Å². The van der Waals surface area contributed by atoms with Gasteiger partial charge in [-0.1, -0.05) is 15.9 Å². The third kappa shape index (κ3) is 0.657. The molecule has 0 aromatic carbocycles. The molecule has 0 spiro atoms. The van der Waals surface area contributed by atoms with E-state index in [4.69, 9.17) is 5.26 Å². The Morgan fingerprint density at radius 1 is 2.00 bits per heavy atom. The fourth-order valence-electron chi connectivity index (χ4n) is 0.429. The van der Waals surface area contributed by atoms with Gasteiger partial charge in [0.2, 0.25) is 0 Å². The van der Waals surface area contributed by atoms with Gasteiger partial charge in [0.1, 0.15) is 0 Å². The second-order valence-corrected chi connectivity index (χ2v) is 3.31. The van der Waals surface area contributed by atoms with Crippen LogP contribution >= 0.6 is 15.9 Å². The molecular formula is C5H6BrN. The van der Waals surface area contributed by atoms with Crippen molar-refractivity contribution in [2.24, 2.45) is 5.41 Å². The first-order valence-electron chi connectivity index (χ1n) is 2.24. The molecule has 0 aromatic heterocycles. The quantitative estimate of drug-likeness (QED) is 0.494. The van der Waals surface area contributed by atoms with E-state index in [1.54, 1.807) is 0 Å². The lowest BCUT2D eigenvalue weighted by atomic mass is 10.2. The van der Waals surface area contributed by atoms with E-state index in [2.05, 4.69) is 22.0 Å². The fourth-order valence-corrected chi connectivity index (χ4v) is 1.20. The number of hydrogen-bond acceptors (Lipinski definition) is 1. The van der Waals surface area contributed by atoms with Crippen LogP contribution < -0.4 is 0 Å². The van der Waals surface area contributed by atoms with Gasteiger partial charge in [0.25, 0.3) is 0 Å². The minimum atomic E-state index is -0.0278. The molecule has 0 radical (unpaired) electrons. The number of alkyl halides is 1. The van der Waals surface area contributed by atoms with Gasteiger partial charge in [-0.05, 0) is 13.3 Å². The monoisotopic (exact) mass is 159 g/mol. The molecule has 1 aliphatic carbocycles. The van der Waals surface area contributed by atoms with Crippen molar-refractivity contribution in [2.45, 2.75) is 18.2 Å². The molecule has 2 unspecified atom stereocenters. The zero-order valence-electron chi connectivity index (χ0n) is 4.11. The molecule has 1 nitrogen and oxygen atoms in total. The van der Waals surface area contributed by atoms with Crippen molar-refractivity contribution in [3.05, 3.63) is 0 Å². The van der Waals surface area contributed by atoms with Gasteiger partial charge in [-0.15, -0.1) is 0 Å². The second kappa shape index (κ2) is 1.23. The number of halogens is 1. The molecule has 0 amide bonds. The molecule has 0 heterocycles. The van der Waals surface area contributed by atoms with Gasteiger partial charge < -0.3 is 0 Å². The van der Waals surface area contributed by atoms with Crippen LogP contribution in [-0.2, 0) is 0 Å². The summed E-state index contributed by atoms with van der Waals surface area (Å²) in [5.41, 5.74) is -0.0278. The average Bonchev–Trinajstić information content (AvgIpc) is 2.18. The Hall–Kier alpha value is -0.0300. The predicted octanol–water partition coefficient (Wildman–Crippen LogP) is 1.68. The maximum Gasteiger partial charge on any atom is 0.0699 e. The standard InChI is InChI=1S/C5H6BrN/c1-5(3-7)2-4(5)6/h4H,2H2,1H3. The zero-order chi connectivity index (χ0) is 5.49. The highest BCUT2D eigenvalue weighted by Crippen LogP contribution is 2.50. The number of rotatable bonds is 0. The van der Waals surface area contributed by atoms with E-state index in [-0.39, 0.29) is 5.41 Å². The first-order chi connectivity index (χ1) is 3.19. The number of nitriles is 1. The van der Waals surface area contributed by atoms with Gasteiger partial charge in [-0.3, -0.25) is 0 Å². The van der Waals surface area contributed by atoms with Crippen LogP contribution in [0.5, 0.6) is 0 Å². The van der Waals surface area contributed by atoms with Gasteiger partial charge >= 0.3 is 0 Å². The molecule has 7 heavy (non-hydrogen) atoms. The summed E-state index contributed by atoms with van der Waals surface area (Å²) in [4.78, 5) is 0.463. The summed E-state index contributed by atoms with van der Waals surface area (Å²) in [5, 5.41) is 8.36. The normalized spacial score (nSPS) is 47.9. The van der Waals surface area contributed by atoms with E-state index in [0.29, 0.717) is 4.83 Å². The summed E-state index contributed by atoms with van der Waals surface area (Å²) in [6.07, 6.45) is 1.02. The SMILES string of the molecule is CC1(C#N)CC1Br. The van der Waals surface area contributed by atoms with Crippen molar-refractivity contribution in [3.8, 4) is 6.07 Å². The summed E-state index contributed by atoms with van der Waals surface area (Å²) >= 11 is 3.34. The Labute approximate surface area is 51.5 Å². The average molecular weight is 160 g/mol. The van der Waals surface area contributed by atoms with Crippen LogP contribution in [0.15, 0.2) is 0 Å². The Bertz CT molecular complexity index is 127. The molecule has 0 aliphatic heterocycles. The summed E-state index contributed by atoms with van der Waals surface area (Å²) < 4.78 is 0. The van der Waals surface area contributed by atoms with Gasteiger partial charge in [0.15, 0.2) is 0 Å². The van der Waals surface area contributed by atoms with Crippen molar-refractivity contribution in [2.75, 3.05) is 0 Å². The van der Waals surface area contributed by atoms with Crippen molar-refractivity contribution in [1.82, 2.24) is 0 Å². The predicted molar refractivity (Wildman–Crippen MR) is 31.1 cm³/mol. The van der Waals surface area contributed by atoms with Crippen LogP contribution in [0.25, 0.3) is 0 Å². The molecule has 0 bridgehead atoms. The Morgan fingerprint density at radius 2 is 2.43 bits per heavy atom. The minimum absolute atomic E-state index is 0.0278. The van der Waals surface area contributed by atoms with Crippen molar-refractivity contribution in [3.63, 3.8) is 0 Å². The second-order valence-electron chi connectivity index (χ2n) is 2.20. The molecule has 1 aliphatic rings. The van der Waals surface area contributed by atoms with Crippen molar-refractivity contribution < 1.29 is 0 Å². The zero-order valence-corrected chi connectivity index (χ0v) is 5.70. The maximum atomic E-state index is 8.36. The highest BCUT2D eigenvalue weighted by atomic mass is 79.9. The van der Waals surface area contributed by atoms with Gasteiger partial charge in [0, 0.05) is 4.83 Å². The maximum absolute atomic E-state index is 8.36. The summed E-state index contributed by atoms with van der Waals surface area (Å²) in [6, 6.07) is 2.22. The highest BCUT2D eigenvalue weighted by molar-refractivity contribution is 9.09. The Balaban J connectivity index is 2.57. The van der Waals surface area contributed by atoms with E-state index in [1.165, 1.54) is 0 Å². The molecule has 1 fully saturated rings. The summed E-state index contributed by atoms with van der Waals surface area (Å²) in [5.74, 6) is 0. The highest BCUT2D eigenvalue weighted by Gasteiger charge is 2.48. The summed E-state index contributed by atoms with van der Waals surface area (Å²) in [7, 11) is 0. The topological polar surface area (TPSA) is 23.8 Å². The number of hydrogen-bond donors (Lipinski definition) is 0. The largest absolute Gasteiger partial charge is 0.198 e. The lowest BCUT2D eigenvalue weighted by Crippen LogP contribution is -1.88. The number of nitrogens with zero attached hydrogens (tertiary/aromatic N) is 1. The third-order valence-electron chi connectivity index (χ3n) is 1.39. The third-order valence-corrected chi connectivity index (χ3v) is 2.72. The van der Waals surface area contributed by atoms with Crippen LogP contribution in [0.2, 0.25) is 0 Å². The van der Waals surface area contributed by atoms with Crippen molar-refractivity contribution in [1.29, 1.82) is 5.26 Å². The van der Waals surface area contributed by atoms with Gasteiger partial charge in [-0.2, -0.15) is 5.26 Å². The lowest BCUT2D eigenvalue weighted by Gasteiger charge is -1.86. The molecular weight excluding hydrogens is 154 g/mol. The molecule has 38 valence electrons. The van der Waals surface area contributed by atoms with Crippen LogP contribution in [0.4, 0.5) is 0 Å². The van der Waals surface area contributed by atoms with E-state index >= 15 is 0 Å². The van der Waals surface area contributed by atoms with Crippen LogP contribution in [-0.4, -0.2) is 4.83 Å². The minimum Gasteiger partial charge on any atom is -0.198 e. The van der Waals surface area contributed by atoms with E-state index in [9.17, 15) is 0 Å². The molecule has 0 aromatic rings. The molecule has 0 N–H and O–H groups in total. The van der Waals surface area contributed by atoms with Crippen LogP contribution in [0.3, 0.4) is 0 Å². The Morgan fingerprint density at radius 3 is 2.43 bits per heavy atom. The molecule has 1 rings (SSSR count). The first kappa shape index (κ1) is 5.11. The van der Waals surface area contributed by atoms with Crippen molar-refractivity contribution >= 4 is 15.9 Å². The molecule has 2 heteroatoms. The summed E-state index contributed by atoms with van der Waals surface area (Å²) in [6.45, 7) is 1.96. The molecule has 0 saturated heterocycles. The molecule has 2 atom stereocenters. The Kier molecular flexibility index (Phi) is 0.895.